The number of aromatic nitrogens is 3. The van der Waals surface area contributed by atoms with Crippen LogP contribution < -0.4 is 5.56 Å². The normalized spacial score (nSPS) is 14.3. The zero-order valence-corrected chi connectivity index (χ0v) is 17.3. The molecule has 0 radical (unpaired) electrons. The highest BCUT2D eigenvalue weighted by Crippen LogP contribution is 2.23. The summed E-state index contributed by atoms with van der Waals surface area (Å²) in [6.07, 6.45) is 5.12. The monoisotopic (exact) mass is 419 g/mol. The van der Waals surface area contributed by atoms with E-state index < -0.39 is 5.97 Å². The van der Waals surface area contributed by atoms with Gasteiger partial charge in [-0.3, -0.25) is 9.36 Å². The quantitative estimate of drug-likeness (QED) is 0.458. The third kappa shape index (κ3) is 3.61. The first-order valence-electron chi connectivity index (χ1n) is 10.2. The number of hydrogen-bond donors (Lipinski definition) is 0. The Labute approximate surface area is 177 Å². The molecule has 1 aliphatic heterocycles. The van der Waals surface area contributed by atoms with Gasteiger partial charge in [-0.1, -0.05) is 25.0 Å². The van der Waals surface area contributed by atoms with Gasteiger partial charge in [0.25, 0.3) is 5.56 Å². The maximum atomic E-state index is 12.9. The first kappa shape index (κ1) is 18.9. The molecule has 0 atom stereocenters. The molecule has 0 amide bonds. The van der Waals surface area contributed by atoms with Gasteiger partial charge < -0.3 is 4.74 Å². The molecule has 30 heavy (non-hydrogen) atoms. The molecule has 0 spiro atoms. The standard InChI is InChI=1S/C23H21N3O3S/c27-22-16-11-10-15(13-18(16)24-20-9-3-1-2-6-12-26(20)22)23(28)29-14-21-25-17-7-4-5-8-19(17)30-21/h4-5,7-8,10-11,13H,1-3,6,9,12,14H2. The van der Waals surface area contributed by atoms with Crippen molar-refractivity contribution in [3.05, 3.63) is 69.2 Å². The maximum Gasteiger partial charge on any atom is 0.338 e. The third-order valence-corrected chi connectivity index (χ3v) is 6.48. The van der Waals surface area contributed by atoms with Gasteiger partial charge in [0.1, 0.15) is 17.4 Å². The maximum absolute atomic E-state index is 12.9. The Bertz CT molecular complexity index is 1280. The minimum atomic E-state index is -0.440. The van der Waals surface area contributed by atoms with Crippen LogP contribution in [0.2, 0.25) is 0 Å². The number of carbonyl (C=O) groups is 1. The number of carbonyl (C=O) groups excluding carboxylic acids is 1. The summed E-state index contributed by atoms with van der Waals surface area (Å²) >= 11 is 1.51. The van der Waals surface area contributed by atoms with Crippen LogP contribution >= 0.6 is 11.3 Å². The van der Waals surface area contributed by atoms with Gasteiger partial charge in [-0.15, -0.1) is 11.3 Å². The molecule has 5 rings (SSSR count). The molecule has 2 aromatic carbocycles. The van der Waals surface area contributed by atoms with Gasteiger partial charge in [-0.05, 0) is 43.2 Å². The van der Waals surface area contributed by atoms with Crippen LogP contribution in [-0.4, -0.2) is 20.5 Å². The lowest BCUT2D eigenvalue weighted by molar-refractivity contribution is 0.0473. The second-order valence-electron chi connectivity index (χ2n) is 7.53. The zero-order valence-electron chi connectivity index (χ0n) is 16.5. The lowest BCUT2D eigenvalue weighted by Gasteiger charge is -2.16. The topological polar surface area (TPSA) is 74.1 Å². The predicted molar refractivity (Wildman–Crippen MR) is 117 cm³/mol. The molecule has 1 aliphatic rings. The number of aryl methyl sites for hydroxylation is 1. The van der Waals surface area contributed by atoms with E-state index in [0.717, 1.165) is 53.2 Å². The molecule has 3 heterocycles. The lowest BCUT2D eigenvalue weighted by Crippen LogP contribution is -2.26. The fourth-order valence-corrected chi connectivity index (χ4v) is 4.79. The van der Waals surface area contributed by atoms with Gasteiger partial charge in [0.05, 0.1) is 26.7 Å². The summed E-state index contributed by atoms with van der Waals surface area (Å²) in [6, 6.07) is 12.8. The fraction of sp³-hybridized carbons (Fsp3) is 0.304. The number of thiazole rings is 1. The molecule has 0 saturated carbocycles. The van der Waals surface area contributed by atoms with Crippen LogP contribution in [-0.2, 0) is 24.3 Å². The van der Waals surface area contributed by atoms with Crippen molar-refractivity contribution in [1.82, 2.24) is 14.5 Å². The Hall–Kier alpha value is -3.06. The molecule has 4 aromatic rings. The number of para-hydroxylation sites is 1. The average molecular weight is 420 g/mol. The Balaban J connectivity index is 1.40. The highest BCUT2D eigenvalue weighted by Gasteiger charge is 2.16. The van der Waals surface area contributed by atoms with Crippen molar-refractivity contribution in [2.24, 2.45) is 0 Å². The van der Waals surface area contributed by atoms with Gasteiger partial charge in [0.2, 0.25) is 0 Å². The van der Waals surface area contributed by atoms with Crippen molar-refractivity contribution in [1.29, 1.82) is 0 Å². The van der Waals surface area contributed by atoms with Crippen molar-refractivity contribution < 1.29 is 9.53 Å². The molecule has 6 nitrogen and oxygen atoms in total. The van der Waals surface area contributed by atoms with Crippen LogP contribution in [0.5, 0.6) is 0 Å². The van der Waals surface area contributed by atoms with Crippen molar-refractivity contribution in [3.63, 3.8) is 0 Å². The van der Waals surface area contributed by atoms with Crippen LogP contribution in [0.3, 0.4) is 0 Å². The van der Waals surface area contributed by atoms with E-state index in [2.05, 4.69) is 4.98 Å². The van der Waals surface area contributed by atoms with E-state index in [9.17, 15) is 9.59 Å². The van der Waals surface area contributed by atoms with Crippen molar-refractivity contribution in [3.8, 4) is 0 Å². The first-order valence-corrected chi connectivity index (χ1v) is 11.1. The van der Waals surface area contributed by atoms with Crippen molar-refractivity contribution in [2.75, 3.05) is 0 Å². The molecule has 2 aromatic heterocycles. The SMILES string of the molecule is O=C(OCc1nc2ccccc2s1)c1ccc2c(=O)n3c(nc2c1)CCCCCC3. The van der Waals surface area contributed by atoms with Crippen LogP contribution in [0, 0.1) is 0 Å². The number of nitrogens with zero attached hydrogens (tertiary/aromatic N) is 3. The molecule has 152 valence electrons. The Morgan fingerprint density at radius 1 is 1.03 bits per heavy atom. The Morgan fingerprint density at radius 2 is 1.90 bits per heavy atom. The number of esters is 1. The van der Waals surface area contributed by atoms with Crippen LogP contribution in [0.4, 0.5) is 0 Å². The van der Waals surface area contributed by atoms with E-state index in [1.54, 1.807) is 22.8 Å². The molecule has 0 unspecified atom stereocenters. The summed E-state index contributed by atoms with van der Waals surface area (Å²) < 4.78 is 8.33. The minimum Gasteiger partial charge on any atom is -0.455 e. The van der Waals surface area contributed by atoms with E-state index in [1.165, 1.54) is 11.3 Å². The number of fused-ring (bicyclic) bond motifs is 3. The second-order valence-corrected chi connectivity index (χ2v) is 8.65. The van der Waals surface area contributed by atoms with Crippen molar-refractivity contribution >= 4 is 38.4 Å². The highest BCUT2D eigenvalue weighted by atomic mass is 32.1. The second kappa shape index (κ2) is 7.99. The molecular weight excluding hydrogens is 398 g/mol. The Kier molecular flexibility index (Phi) is 5.04. The predicted octanol–water partition coefficient (Wildman–Crippen LogP) is 4.48. The molecule has 0 aliphatic carbocycles. The fourth-order valence-electron chi connectivity index (χ4n) is 3.91. The smallest absolute Gasteiger partial charge is 0.338 e. The first-order chi connectivity index (χ1) is 14.7. The van der Waals surface area contributed by atoms with Crippen molar-refractivity contribution in [2.45, 2.75) is 45.3 Å². The summed E-state index contributed by atoms with van der Waals surface area (Å²) in [4.78, 5) is 34.7. The molecule has 7 heteroatoms. The lowest BCUT2D eigenvalue weighted by atomic mass is 10.1. The average Bonchev–Trinajstić information content (AvgIpc) is 3.16. The summed E-state index contributed by atoms with van der Waals surface area (Å²) in [5, 5.41) is 1.30. The largest absolute Gasteiger partial charge is 0.455 e. The molecule has 0 fully saturated rings. The summed E-state index contributed by atoms with van der Waals surface area (Å²) in [6.45, 7) is 0.833. The van der Waals surface area contributed by atoms with Gasteiger partial charge in [-0.2, -0.15) is 0 Å². The van der Waals surface area contributed by atoms with E-state index in [0.29, 0.717) is 23.0 Å². The van der Waals surface area contributed by atoms with E-state index in [-0.39, 0.29) is 12.2 Å². The van der Waals surface area contributed by atoms with E-state index in [1.807, 2.05) is 24.3 Å². The summed E-state index contributed by atoms with van der Waals surface area (Å²) in [5.41, 5.74) is 1.83. The Morgan fingerprint density at radius 3 is 2.80 bits per heavy atom. The van der Waals surface area contributed by atoms with E-state index >= 15 is 0 Å². The van der Waals surface area contributed by atoms with E-state index in [4.69, 9.17) is 9.72 Å². The molecule has 0 N–H and O–H groups in total. The number of ether oxygens (including phenoxy) is 1. The van der Waals surface area contributed by atoms with Crippen LogP contribution in [0.1, 0.15) is 46.9 Å². The minimum absolute atomic E-state index is 0.0220. The van der Waals surface area contributed by atoms with Gasteiger partial charge in [0, 0.05) is 13.0 Å². The molecule has 0 bridgehead atoms. The molecule has 0 saturated heterocycles. The van der Waals surface area contributed by atoms with Crippen LogP contribution in [0.25, 0.3) is 21.1 Å². The highest BCUT2D eigenvalue weighted by molar-refractivity contribution is 7.18. The molecular formula is C23H21N3O3S. The van der Waals surface area contributed by atoms with Gasteiger partial charge in [-0.25, -0.2) is 14.8 Å². The van der Waals surface area contributed by atoms with Gasteiger partial charge >= 0.3 is 5.97 Å². The number of hydrogen-bond acceptors (Lipinski definition) is 6. The van der Waals surface area contributed by atoms with Crippen LogP contribution in [0.15, 0.2) is 47.3 Å². The number of benzene rings is 2. The zero-order chi connectivity index (χ0) is 20.5. The number of rotatable bonds is 3. The van der Waals surface area contributed by atoms with Gasteiger partial charge in [0.15, 0.2) is 0 Å². The third-order valence-electron chi connectivity index (χ3n) is 5.47. The summed E-state index contributed by atoms with van der Waals surface area (Å²) in [7, 11) is 0. The summed E-state index contributed by atoms with van der Waals surface area (Å²) in [5.74, 6) is 0.372.